The molecule has 1 fully saturated rings. The average Bonchev–Trinajstić information content (AvgIpc) is 3.38. The standard InChI is InChI=1S/C32H26ClFN2O2/c1-35-20-25(21-15-17-24(34)18-16-21)29(30(37)22-9-3-2-4-10-22)32(35)26-12-6-8-14-28(26)36(31(32)38)19-23-11-5-7-13-27(23)33/h2-18,25,29H,19-20H2,1H3/t25-,29+,32-/m1/s1. The summed E-state index contributed by atoms with van der Waals surface area (Å²) in [5.41, 5.74) is 2.57. The maximum Gasteiger partial charge on any atom is 0.253 e. The second kappa shape index (κ2) is 9.50. The Bertz CT molecular complexity index is 1520. The summed E-state index contributed by atoms with van der Waals surface area (Å²) in [6.45, 7) is 0.757. The highest BCUT2D eigenvalue weighted by molar-refractivity contribution is 6.31. The number of hydrogen-bond acceptors (Lipinski definition) is 3. The summed E-state index contributed by atoms with van der Waals surface area (Å²) >= 11 is 6.50. The van der Waals surface area contributed by atoms with Crippen molar-refractivity contribution in [3.05, 3.63) is 136 Å². The molecule has 0 N–H and O–H groups in total. The first-order valence-electron chi connectivity index (χ1n) is 12.6. The Morgan fingerprint density at radius 1 is 0.921 bits per heavy atom. The van der Waals surface area contributed by atoms with E-state index in [4.69, 9.17) is 11.6 Å². The van der Waals surface area contributed by atoms with Gasteiger partial charge in [-0.25, -0.2) is 4.39 Å². The summed E-state index contributed by atoms with van der Waals surface area (Å²) < 4.78 is 13.9. The van der Waals surface area contributed by atoms with Crippen LogP contribution >= 0.6 is 11.6 Å². The van der Waals surface area contributed by atoms with Crippen LogP contribution in [0.5, 0.6) is 0 Å². The van der Waals surface area contributed by atoms with Gasteiger partial charge in [-0.3, -0.25) is 14.5 Å². The number of likely N-dealkylation sites (N-methyl/N-ethyl adjacent to an activating group) is 1. The molecule has 3 atom stereocenters. The SMILES string of the molecule is CN1C[C@H](c2ccc(F)cc2)[C@@H](C(=O)c2ccccc2)[C@]12C(=O)N(Cc1ccccc1Cl)c1ccccc12. The predicted molar refractivity (Wildman–Crippen MR) is 147 cm³/mol. The van der Waals surface area contributed by atoms with Crippen molar-refractivity contribution in [1.82, 2.24) is 4.90 Å². The third-order valence-corrected chi connectivity index (χ3v) is 8.40. The molecule has 6 rings (SSSR count). The number of rotatable bonds is 5. The molecular formula is C32H26ClFN2O2. The van der Waals surface area contributed by atoms with Crippen LogP contribution in [0.15, 0.2) is 103 Å². The van der Waals surface area contributed by atoms with E-state index >= 15 is 0 Å². The maximum absolute atomic E-state index is 14.7. The molecule has 0 aliphatic carbocycles. The molecule has 0 unspecified atom stereocenters. The Morgan fingerprint density at radius 2 is 1.58 bits per heavy atom. The van der Waals surface area contributed by atoms with Gasteiger partial charge in [0.2, 0.25) is 0 Å². The Labute approximate surface area is 226 Å². The number of ketones is 1. The molecule has 4 nitrogen and oxygen atoms in total. The van der Waals surface area contributed by atoms with E-state index in [1.54, 1.807) is 29.2 Å². The summed E-state index contributed by atoms with van der Waals surface area (Å²) in [7, 11) is 1.91. The van der Waals surface area contributed by atoms with Crippen molar-refractivity contribution < 1.29 is 14.0 Å². The number of anilines is 1. The summed E-state index contributed by atoms with van der Waals surface area (Å²) in [6, 6.07) is 30.6. The highest BCUT2D eigenvalue weighted by atomic mass is 35.5. The lowest BCUT2D eigenvalue weighted by Crippen LogP contribution is -2.53. The van der Waals surface area contributed by atoms with E-state index in [0.29, 0.717) is 23.7 Å². The number of hydrogen-bond donors (Lipinski definition) is 0. The summed E-state index contributed by atoms with van der Waals surface area (Å²) in [6.07, 6.45) is 0. The van der Waals surface area contributed by atoms with Gasteiger partial charge in [0.15, 0.2) is 5.78 Å². The van der Waals surface area contributed by atoms with E-state index in [1.165, 1.54) is 12.1 Å². The van der Waals surface area contributed by atoms with Gasteiger partial charge in [0, 0.05) is 34.3 Å². The summed E-state index contributed by atoms with van der Waals surface area (Å²) in [4.78, 5) is 32.9. The highest BCUT2D eigenvalue weighted by Gasteiger charge is 2.66. The normalized spacial score (nSPS) is 22.7. The first kappa shape index (κ1) is 24.5. The van der Waals surface area contributed by atoms with E-state index in [0.717, 1.165) is 22.4 Å². The average molecular weight is 525 g/mol. The van der Waals surface area contributed by atoms with Crippen LogP contribution in [0.1, 0.15) is 33.0 Å². The number of carbonyl (C=O) groups is 2. The Kier molecular flexibility index (Phi) is 6.13. The fourth-order valence-electron chi connectivity index (χ4n) is 6.32. The van der Waals surface area contributed by atoms with Crippen LogP contribution in [0.3, 0.4) is 0 Å². The molecule has 4 aromatic carbocycles. The lowest BCUT2D eigenvalue weighted by Gasteiger charge is -2.36. The van der Waals surface area contributed by atoms with E-state index in [2.05, 4.69) is 0 Å². The van der Waals surface area contributed by atoms with Crippen LogP contribution in [0.2, 0.25) is 5.02 Å². The fourth-order valence-corrected chi connectivity index (χ4v) is 6.52. The van der Waals surface area contributed by atoms with Crippen molar-refractivity contribution in [2.45, 2.75) is 18.0 Å². The van der Waals surface area contributed by atoms with Crippen LogP contribution in [0.4, 0.5) is 10.1 Å². The first-order valence-corrected chi connectivity index (χ1v) is 13.0. The van der Waals surface area contributed by atoms with E-state index in [9.17, 15) is 14.0 Å². The molecule has 4 aromatic rings. The molecule has 2 aliphatic rings. The van der Waals surface area contributed by atoms with Gasteiger partial charge in [-0.2, -0.15) is 0 Å². The van der Waals surface area contributed by atoms with E-state index in [1.807, 2.05) is 78.7 Å². The largest absolute Gasteiger partial charge is 0.306 e. The summed E-state index contributed by atoms with van der Waals surface area (Å²) in [5, 5.41) is 0.583. The number of nitrogens with zero attached hydrogens (tertiary/aromatic N) is 2. The number of halogens is 2. The lowest BCUT2D eigenvalue weighted by molar-refractivity contribution is -0.129. The first-order chi connectivity index (χ1) is 18.4. The number of amides is 1. The van der Waals surface area contributed by atoms with Crippen LogP contribution < -0.4 is 4.90 Å². The predicted octanol–water partition coefficient (Wildman–Crippen LogP) is 6.45. The molecule has 1 spiro atoms. The van der Waals surface area contributed by atoms with Crippen molar-refractivity contribution in [3.8, 4) is 0 Å². The Hall–Kier alpha value is -3.80. The molecule has 1 saturated heterocycles. The second-order valence-corrected chi connectivity index (χ2v) is 10.4. The third-order valence-electron chi connectivity index (χ3n) is 8.03. The molecule has 38 heavy (non-hydrogen) atoms. The molecule has 1 amide bonds. The maximum atomic E-state index is 14.7. The topological polar surface area (TPSA) is 40.6 Å². The third kappa shape index (κ3) is 3.69. The number of Topliss-reactive ketones (excluding diaryl/α,β-unsaturated/α-hetero) is 1. The van der Waals surface area contributed by atoms with Gasteiger partial charge < -0.3 is 4.90 Å². The van der Waals surface area contributed by atoms with Gasteiger partial charge in [-0.15, -0.1) is 0 Å². The minimum atomic E-state index is -1.22. The monoisotopic (exact) mass is 524 g/mol. The molecule has 0 radical (unpaired) electrons. The van der Waals surface area contributed by atoms with Crippen molar-refractivity contribution in [2.75, 3.05) is 18.5 Å². The summed E-state index contributed by atoms with van der Waals surface area (Å²) in [5.74, 6) is -1.63. The van der Waals surface area contributed by atoms with Gasteiger partial charge in [-0.1, -0.05) is 90.5 Å². The fraction of sp³-hybridized carbons (Fsp3) is 0.188. The van der Waals surface area contributed by atoms with Gasteiger partial charge >= 0.3 is 0 Å². The number of para-hydroxylation sites is 1. The quantitative estimate of drug-likeness (QED) is 0.282. The second-order valence-electron chi connectivity index (χ2n) is 10.0. The van der Waals surface area contributed by atoms with Gasteiger partial charge in [0.1, 0.15) is 11.4 Å². The van der Waals surface area contributed by atoms with Gasteiger partial charge in [-0.05, 0) is 42.4 Å². The number of carbonyl (C=O) groups excluding carboxylic acids is 2. The zero-order chi connectivity index (χ0) is 26.4. The van der Waals surface area contributed by atoms with Crippen molar-refractivity contribution in [2.24, 2.45) is 5.92 Å². The van der Waals surface area contributed by atoms with E-state index < -0.39 is 11.5 Å². The smallest absolute Gasteiger partial charge is 0.253 e. The van der Waals surface area contributed by atoms with Crippen molar-refractivity contribution >= 4 is 29.0 Å². The highest BCUT2D eigenvalue weighted by Crippen LogP contribution is 2.57. The molecule has 190 valence electrons. The van der Waals surface area contributed by atoms with Crippen LogP contribution in [-0.4, -0.2) is 30.2 Å². The van der Waals surface area contributed by atoms with Gasteiger partial charge in [0.05, 0.1) is 12.5 Å². The van der Waals surface area contributed by atoms with Gasteiger partial charge in [0.25, 0.3) is 5.91 Å². The minimum Gasteiger partial charge on any atom is -0.306 e. The molecule has 0 aromatic heterocycles. The Morgan fingerprint density at radius 3 is 2.32 bits per heavy atom. The number of benzene rings is 4. The van der Waals surface area contributed by atoms with Crippen molar-refractivity contribution in [3.63, 3.8) is 0 Å². The molecule has 6 heteroatoms. The van der Waals surface area contributed by atoms with Crippen LogP contribution in [-0.2, 0) is 16.9 Å². The Balaban J connectivity index is 1.54. The molecule has 0 bridgehead atoms. The molecule has 2 aliphatic heterocycles. The van der Waals surface area contributed by atoms with Crippen molar-refractivity contribution in [1.29, 1.82) is 0 Å². The number of fused-ring (bicyclic) bond motifs is 2. The molecular weight excluding hydrogens is 499 g/mol. The zero-order valence-electron chi connectivity index (χ0n) is 20.9. The zero-order valence-corrected chi connectivity index (χ0v) is 21.6. The molecule has 0 saturated carbocycles. The van der Waals surface area contributed by atoms with Crippen LogP contribution in [0.25, 0.3) is 0 Å². The lowest BCUT2D eigenvalue weighted by atomic mass is 9.70. The molecule has 2 heterocycles. The number of likely N-dealkylation sites (tertiary alicyclic amines) is 1. The van der Waals surface area contributed by atoms with Crippen LogP contribution in [0, 0.1) is 11.7 Å². The minimum absolute atomic E-state index is 0.105. The van der Waals surface area contributed by atoms with E-state index in [-0.39, 0.29) is 23.4 Å².